The molecule has 3 aromatic carbocycles. The standard InChI is InChI=1S/C26H20Br2F3N3O4S/c1-16-2-4-19(5-3-16)23-13-24(26(29,30)31)32-33(23)20-6-8-22(9-7-20)39(37,38)34(25(35)36)21-11-17(14-27)10-18(12-21)15-28/h2-13H,14-15H2,1H3,(H,35,36). The summed E-state index contributed by atoms with van der Waals surface area (Å²) < 4.78 is 68.7. The van der Waals surface area contributed by atoms with Crippen molar-refractivity contribution in [1.82, 2.24) is 9.78 Å². The Morgan fingerprint density at radius 3 is 2.00 bits per heavy atom. The second-order valence-electron chi connectivity index (χ2n) is 8.51. The van der Waals surface area contributed by atoms with Crippen molar-refractivity contribution in [2.24, 2.45) is 0 Å². The predicted octanol–water partition coefficient (Wildman–Crippen LogP) is 7.53. The molecule has 4 rings (SSSR count). The van der Waals surface area contributed by atoms with E-state index in [4.69, 9.17) is 0 Å². The van der Waals surface area contributed by atoms with Crippen molar-refractivity contribution in [2.75, 3.05) is 4.31 Å². The number of anilines is 1. The number of hydrogen-bond donors (Lipinski definition) is 1. The molecule has 0 bridgehead atoms. The fraction of sp³-hybridized carbons (Fsp3) is 0.154. The summed E-state index contributed by atoms with van der Waals surface area (Å²) in [5, 5.41) is 14.3. The van der Waals surface area contributed by atoms with E-state index in [0.29, 0.717) is 27.4 Å². The Balaban J connectivity index is 1.78. The van der Waals surface area contributed by atoms with E-state index in [2.05, 4.69) is 37.0 Å². The van der Waals surface area contributed by atoms with Gasteiger partial charge in [-0.3, -0.25) is 0 Å². The molecular formula is C26H20Br2F3N3O4S. The molecule has 13 heteroatoms. The molecule has 0 saturated carbocycles. The lowest BCUT2D eigenvalue weighted by molar-refractivity contribution is -0.141. The zero-order chi connectivity index (χ0) is 28.5. The van der Waals surface area contributed by atoms with Crippen LogP contribution in [-0.2, 0) is 26.9 Å². The predicted molar refractivity (Wildman–Crippen MR) is 148 cm³/mol. The van der Waals surface area contributed by atoms with Crippen LogP contribution in [0.1, 0.15) is 22.4 Å². The summed E-state index contributed by atoms with van der Waals surface area (Å²) in [6, 6.07) is 17.2. The van der Waals surface area contributed by atoms with Gasteiger partial charge in [-0.25, -0.2) is 17.9 Å². The molecule has 0 atom stereocenters. The Kier molecular flexibility index (Phi) is 8.24. The third-order valence-corrected chi connectivity index (χ3v) is 8.73. The molecule has 0 aliphatic rings. The van der Waals surface area contributed by atoms with E-state index in [1.807, 2.05) is 6.92 Å². The van der Waals surface area contributed by atoms with E-state index < -0.39 is 28.0 Å². The molecule has 0 saturated heterocycles. The van der Waals surface area contributed by atoms with Crippen molar-refractivity contribution in [2.45, 2.75) is 28.7 Å². The average Bonchev–Trinajstić information content (AvgIpc) is 3.35. The maximum Gasteiger partial charge on any atom is 0.435 e. The Labute approximate surface area is 239 Å². The zero-order valence-electron chi connectivity index (χ0n) is 20.2. The first kappa shape index (κ1) is 28.8. The van der Waals surface area contributed by atoms with Gasteiger partial charge in [-0.05, 0) is 60.5 Å². The van der Waals surface area contributed by atoms with Gasteiger partial charge in [0.1, 0.15) is 0 Å². The van der Waals surface area contributed by atoms with Crippen molar-refractivity contribution in [1.29, 1.82) is 0 Å². The molecule has 0 fully saturated rings. The van der Waals surface area contributed by atoms with Gasteiger partial charge in [-0.1, -0.05) is 67.8 Å². The summed E-state index contributed by atoms with van der Waals surface area (Å²) in [6.45, 7) is 1.85. The molecule has 1 amide bonds. The molecule has 0 unspecified atom stereocenters. The molecule has 1 heterocycles. The second-order valence-corrected chi connectivity index (χ2v) is 11.4. The first-order valence-electron chi connectivity index (χ1n) is 11.2. The zero-order valence-corrected chi connectivity index (χ0v) is 24.1. The number of carboxylic acid groups (broad SMARTS) is 1. The van der Waals surface area contributed by atoms with Crippen LogP contribution >= 0.6 is 31.9 Å². The number of amides is 1. The van der Waals surface area contributed by atoms with Crippen LogP contribution in [0, 0.1) is 6.92 Å². The minimum absolute atomic E-state index is 0.0680. The molecule has 7 nitrogen and oxygen atoms in total. The summed E-state index contributed by atoms with van der Waals surface area (Å²) in [4.78, 5) is 11.8. The highest BCUT2D eigenvalue weighted by atomic mass is 79.9. The first-order valence-corrected chi connectivity index (χ1v) is 14.9. The van der Waals surface area contributed by atoms with Gasteiger partial charge in [0.15, 0.2) is 5.69 Å². The van der Waals surface area contributed by atoms with Crippen molar-refractivity contribution in [3.63, 3.8) is 0 Å². The van der Waals surface area contributed by atoms with E-state index in [0.717, 1.165) is 28.4 Å². The van der Waals surface area contributed by atoms with Crippen molar-refractivity contribution in [3.8, 4) is 16.9 Å². The van der Waals surface area contributed by atoms with Gasteiger partial charge in [0.05, 0.1) is 22.0 Å². The number of hydrogen-bond acceptors (Lipinski definition) is 4. The summed E-state index contributed by atoms with van der Waals surface area (Å²) in [6.07, 6.45) is -6.41. The SMILES string of the molecule is Cc1ccc(-c2cc(C(F)(F)F)nn2-c2ccc(S(=O)(=O)N(C(=O)O)c3cc(CBr)cc(CBr)c3)cc2)cc1. The number of nitrogens with zero attached hydrogens (tertiary/aromatic N) is 3. The van der Waals surface area contributed by atoms with Crippen molar-refractivity contribution in [3.05, 3.63) is 95.2 Å². The smallest absolute Gasteiger partial charge is 0.435 e. The van der Waals surface area contributed by atoms with Crippen LogP contribution in [-0.4, -0.2) is 29.4 Å². The van der Waals surface area contributed by atoms with E-state index in [9.17, 15) is 31.5 Å². The lowest BCUT2D eigenvalue weighted by Crippen LogP contribution is -2.36. The third kappa shape index (κ3) is 6.04. The highest BCUT2D eigenvalue weighted by Gasteiger charge is 2.36. The molecule has 4 aromatic rings. The van der Waals surface area contributed by atoms with Crippen molar-refractivity contribution >= 4 is 53.7 Å². The number of benzene rings is 3. The molecule has 39 heavy (non-hydrogen) atoms. The molecule has 0 aliphatic heterocycles. The van der Waals surface area contributed by atoms with E-state index in [-0.39, 0.29) is 26.3 Å². The molecule has 204 valence electrons. The summed E-state index contributed by atoms with van der Waals surface area (Å²) >= 11 is 6.59. The molecule has 0 radical (unpaired) electrons. The van der Waals surface area contributed by atoms with Crippen LogP contribution in [0.25, 0.3) is 16.9 Å². The normalized spacial score (nSPS) is 11.9. The van der Waals surface area contributed by atoms with Crippen LogP contribution < -0.4 is 4.31 Å². The van der Waals surface area contributed by atoms with Gasteiger partial charge in [0.2, 0.25) is 0 Å². The van der Waals surface area contributed by atoms with E-state index in [1.165, 1.54) is 24.3 Å². The van der Waals surface area contributed by atoms with E-state index >= 15 is 0 Å². The first-order chi connectivity index (χ1) is 18.3. The number of sulfonamides is 1. The van der Waals surface area contributed by atoms with Crippen LogP contribution in [0.2, 0.25) is 0 Å². The fourth-order valence-corrected chi connectivity index (χ4v) is 5.80. The molecule has 1 aromatic heterocycles. The minimum Gasteiger partial charge on any atom is -0.464 e. The minimum atomic E-state index is -4.70. The highest BCUT2D eigenvalue weighted by molar-refractivity contribution is 9.08. The maximum absolute atomic E-state index is 13.5. The lowest BCUT2D eigenvalue weighted by Gasteiger charge is -2.21. The topological polar surface area (TPSA) is 92.5 Å². The van der Waals surface area contributed by atoms with Crippen LogP contribution in [0.3, 0.4) is 0 Å². The van der Waals surface area contributed by atoms with Crippen LogP contribution in [0.15, 0.2) is 77.7 Å². The number of alkyl halides is 5. The number of halogens is 5. The number of aryl methyl sites for hydroxylation is 1. The van der Waals surface area contributed by atoms with Gasteiger partial charge in [-0.2, -0.15) is 22.6 Å². The monoisotopic (exact) mass is 685 g/mol. The largest absolute Gasteiger partial charge is 0.464 e. The van der Waals surface area contributed by atoms with Gasteiger partial charge >= 0.3 is 12.3 Å². The fourth-order valence-electron chi connectivity index (χ4n) is 3.88. The summed E-state index contributed by atoms with van der Waals surface area (Å²) in [5.74, 6) is 0. The average molecular weight is 687 g/mol. The van der Waals surface area contributed by atoms with Gasteiger partial charge < -0.3 is 5.11 Å². The lowest BCUT2D eigenvalue weighted by atomic mass is 10.1. The Bertz CT molecular complexity index is 1600. The van der Waals surface area contributed by atoms with Gasteiger partial charge in [-0.15, -0.1) is 0 Å². The van der Waals surface area contributed by atoms with Crippen LogP contribution in [0.4, 0.5) is 23.7 Å². The van der Waals surface area contributed by atoms with Gasteiger partial charge in [0, 0.05) is 16.2 Å². The Morgan fingerprint density at radius 2 is 1.51 bits per heavy atom. The quantitative estimate of drug-likeness (QED) is 0.203. The maximum atomic E-state index is 13.5. The van der Waals surface area contributed by atoms with Gasteiger partial charge in [0.25, 0.3) is 10.0 Å². The number of carbonyl (C=O) groups is 1. The molecule has 0 aliphatic carbocycles. The summed E-state index contributed by atoms with van der Waals surface area (Å²) in [5.41, 5.74) is 1.87. The Morgan fingerprint density at radius 1 is 0.949 bits per heavy atom. The number of rotatable bonds is 7. The molecule has 0 spiro atoms. The molecule has 1 N–H and O–H groups in total. The summed E-state index contributed by atoms with van der Waals surface area (Å²) in [7, 11) is -4.59. The van der Waals surface area contributed by atoms with Crippen LogP contribution in [0.5, 0.6) is 0 Å². The highest BCUT2D eigenvalue weighted by Crippen LogP contribution is 2.34. The third-order valence-electron chi connectivity index (χ3n) is 5.72. The Hall–Kier alpha value is -3.16. The van der Waals surface area contributed by atoms with Crippen molar-refractivity contribution < 1.29 is 31.5 Å². The second kappa shape index (κ2) is 11.1. The number of aromatic nitrogens is 2. The molecular weight excluding hydrogens is 667 g/mol. The van der Waals surface area contributed by atoms with E-state index in [1.54, 1.807) is 30.3 Å².